The van der Waals surface area contributed by atoms with Crippen molar-refractivity contribution in [1.82, 2.24) is 75.2 Å². The summed E-state index contributed by atoms with van der Waals surface area (Å²) in [6, 6.07) is 42.6. The van der Waals surface area contributed by atoms with Gasteiger partial charge in [-0.1, -0.05) is 166 Å². The Morgan fingerprint density at radius 2 is 0.789 bits per heavy atom. The van der Waals surface area contributed by atoms with Crippen molar-refractivity contribution in [2.45, 2.75) is 201 Å². The van der Waals surface area contributed by atoms with E-state index < -0.39 is 16.1 Å². The number of thioether (sulfide) groups is 2. The lowest BCUT2D eigenvalue weighted by atomic mass is 10.2. The number of thiazole rings is 1. The van der Waals surface area contributed by atoms with Gasteiger partial charge in [0.1, 0.15) is 34.1 Å². The fraction of sp³-hybridized carbons (Fsp3) is 0.442. The van der Waals surface area contributed by atoms with E-state index in [-0.39, 0.29) is 18.8 Å². The molecule has 0 amide bonds. The lowest BCUT2D eigenvalue weighted by Gasteiger charge is -2.16. The Bertz CT molecular complexity index is 5740. The molecule has 8 aromatic heterocycles. The second-order valence-electron chi connectivity index (χ2n) is 31.1. The fourth-order valence-corrected chi connectivity index (χ4v) is 19.9. The van der Waals surface area contributed by atoms with Crippen LogP contribution in [0.2, 0.25) is 0 Å². The van der Waals surface area contributed by atoms with Gasteiger partial charge in [0.15, 0.2) is 9.47 Å². The highest BCUT2D eigenvalue weighted by Gasteiger charge is 2.29. The monoisotopic (exact) mass is 1780 g/mol. The van der Waals surface area contributed by atoms with Gasteiger partial charge in [0.05, 0.1) is 52.1 Å². The number of aliphatic hydroxyl groups excluding tert-OH is 1. The summed E-state index contributed by atoms with van der Waals surface area (Å²) in [5.41, 5.74) is 5.04. The summed E-state index contributed by atoms with van der Waals surface area (Å²) < 4.78 is 31.2. The van der Waals surface area contributed by atoms with Crippen LogP contribution in [0.4, 0.5) is 74.2 Å². The molecule has 0 aliphatic heterocycles. The zero-order valence-corrected chi connectivity index (χ0v) is 73.6. The van der Waals surface area contributed by atoms with Crippen molar-refractivity contribution in [3.63, 3.8) is 0 Å². The third kappa shape index (κ3) is 25.9. The molecule has 646 valence electrons. The van der Waals surface area contributed by atoms with Crippen LogP contribution in [0.5, 0.6) is 0 Å². The number of aliphatic hydroxyl groups is 1. The van der Waals surface area contributed by atoms with Gasteiger partial charge in [0, 0.05) is 93.0 Å². The lowest BCUT2D eigenvalue weighted by molar-refractivity contribution is -0.136. The average molecular weight is 1780 g/mol. The highest BCUT2D eigenvalue weighted by Crippen LogP contribution is 2.43. The van der Waals surface area contributed by atoms with Gasteiger partial charge >= 0.3 is 5.97 Å². The molecule has 13 N–H and O–H groups in total. The minimum absolute atomic E-state index is 0.0920. The van der Waals surface area contributed by atoms with Gasteiger partial charge in [0.2, 0.25) is 40.0 Å². The Morgan fingerprint density at radius 3 is 1.16 bits per heavy atom. The van der Waals surface area contributed by atoms with Crippen LogP contribution in [0.1, 0.15) is 171 Å². The summed E-state index contributed by atoms with van der Waals surface area (Å²) in [4.78, 5) is 61.4. The van der Waals surface area contributed by atoms with Crippen molar-refractivity contribution in [3.05, 3.63) is 137 Å². The van der Waals surface area contributed by atoms with Crippen LogP contribution in [0.3, 0.4) is 0 Å². The van der Waals surface area contributed by atoms with Gasteiger partial charge in [-0.05, 0) is 150 Å². The molecular formula is C86H105N25O6S6. The van der Waals surface area contributed by atoms with Gasteiger partial charge in [-0.25, -0.2) is 29.9 Å². The van der Waals surface area contributed by atoms with E-state index in [1.54, 1.807) is 40.2 Å². The average Bonchev–Trinajstić information content (AvgIpc) is 1.42. The van der Waals surface area contributed by atoms with E-state index in [1.165, 1.54) is 138 Å². The van der Waals surface area contributed by atoms with Crippen molar-refractivity contribution >= 4 is 202 Å². The number of rotatable bonds is 32. The molecule has 13 aromatic rings. The molecule has 6 fully saturated rings. The number of hydrogen-bond donors (Lipinski definition) is 13. The quantitative estimate of drug-likeness (QED) is 0.0106. The molecule has 31 nitrogen and oxygen atoms in total. The molecule has 0 spiro atoms. The number of carboxylic acid groups (broad SMARTS) is 1. The maximum atomic E-state index is 10.8. The van der Waals surface area contributed by atoms with Crippen molar-refractivity contribution in [2.24, 2.45) is 0 Å². The number of benzene rings is 5. The van der Waals surface area contributed by atoms with Crippen LogP contribution >= 0.6 is 57.5 Å². The molecule has 19 rings (SSSR count). The van der Waals surface area contributed by atoms with E-state index >= 15 is 0 Å². The van der Waals surface area contributed by atoms with E-state index in [4.69, 9.17) is 29.7 Å². The minimum atomic E-state index is -3.93. The van der Waals surface area contributed by atoms with Gasteiger partial charge < -0.3 is 47.4 Å². The van der Waals surface area contributed by atoms with E-state index in [2.05, 4.69) is 139 Å². The van der Waals surface area contributed by atoms with Crippen LogP contribution in [0, 0.1) is 0 Å². The number of carbonyl (C=O) groups is 1. The Labute approximate surface area is 735 Å². The van der Waals surface area contributed by atoms with Crippen LogP contribution in [-0.2, 0) is 21.3 Å². The topological polar surface area (TPSA) is 426 Å². The molecule has 6 saturated carbocycles. The number of para-hydroxylation sites is 5. The standard InChI is InChI=1S/C18H20N6S.C18H19N5O2S.C17H20N6S2.C17H24N4OS.C16H22N4O3S/c1-2-6-12(5-1)19-15-13-7-3-4-8-14(13)20-17(21-15)22-18-24-23-16(25-18)11-9-10-11;24-15(25)9-12-10-26-18(20-12)23-17-21-14-8-4-3-7-13(14)16(22-17)19-11-5-1-2-6-11;1-2-24-17-23-22-16(25-17)21-15-19-13-10-6-5-9-12(13)14(20-15)18-11-7-3-4-8-11;22-10-12-23-11-9-18-17-20-15-8-4-3-7-14(15)16(21-17)19-13-5-1-2-6-13;21-24(22,23)11-5-10-17-16-19-14-9-4-3-8-13(14)15(20-16)18-12-6-1-2-7-12/h3-4,7-8,11-12H,1-2,5-6,9-10H2,(H2,19,20,21,22,24);3-4,7-8,10-11H,1-2,5-6,9H2,(H,24,25)(H2,19,20,21,22,23);5-6,9-11H,2-4,7-8H2,1H3,(H2,18,19,20,21,22);3-4,7-8,13,22H,1-2,5-6,9-12H2,(H2,18,19,20,21);3-4,8-9,12H,1-2,5-7,10-11H2,(H,21,22,23)(H2,17,18,19,20). The Morgan fingerprint density at radius 1 is 0.431 bits per heavy atom. The van der Waals surface area contributed by atoms with Crippen LogP contribution in [-0.4, -0.2) is 177 Å². The molecule has 0 unspecified atom stereocenters. The number of aromatic nitrogens is 15. The summed E-state index contributed by atoms with van der Waals surface area (Å²) in [5.74, 6) is 9.25. The molecule has 5 aromatic carbocycles. The molecule has 0 radical (unpaired) electrons. The fourth-order valence-electron chi connectivity index (χ4n) is 15.5. The van der Waals surface area contributed by atoms with E-state index in [0.717, 1.165) is 153 Å². The number of aliphatic carboxylic acids is 1. The molecule has 6 aliphatic rings. The van der Waals surface area contributed by atoms with E-state index in [0.29, 0.717) is 89.7 Å². The second kappa shape index (κ2) is 43.8. The number of anilines is 13. The SMILES string of the molecule is CCSc1nnc(Nc2nc(NC3CCCC3)c3ccccc3n2)s1.O=C(O)Cc1csc(Nc2nc(NC3CCCC3)c3ccccc3n2)n1.O=S(=O)(O)CCCNc1nc(NC2CCCC2)c2ccccc2n1.OCCSCCNc1nc(NC2CCCC2)c2ccccc2n1.c1ccc2c(NC3CCCC3)nc(Nc3nnc(C4CC4)s3)nc2c1. The number of nitrogens with one attached hydrogen (secondary N) is 10. The number of hydrogen-bond acceptors (Lipinski definition) is 34. The Kier molecular flexibility index (Phi) is 31.1. The molecule has 123 heavy (non-hydrogen) atoms. The maximum absolute atomic E-state index is 10.8. The molecule has 6 aliphatic carbocycles. The molecule has 0 atom stereocenters. The normalized spacial score (nSPS) is 15.7. The Hall–Kier alpha value is -10.4. The first-order chi connectivity index (χ1) is 60.2. The van der Waals surface area contributed by atoms with Crippen molar-refractivity contribution in [1.29, 1.82) is 0 Å². The number of carboxylic acids is 1. The summed E-state index contributed by atoms with van der Waals surface area (Å²) in [7, 11) is -3.93. The molecule has 0 saturated heterocycles. The zero-order chi connectivity index (χ0) is 84.5. The maximum Gasteiger partial charge on any atom is 0.309 e. The zero-order valence-electron chi connectivity index (χ0n) is 68.7. The van der Waals surface area contributed by atoms with Gasteiger partial charge in [-0.15, -0.1) is 31.7 Å². The third-order valence-corrected chi connectivity index (χ3v) is 27.1. The van der Waals surface area contributed by atoms with Crippen molar-refractivity contribution < 1.29 is 28.0 Å². The van der Waals surface area contributed by atoms with Crippen LogP contribution in [0.25, 0.3) is 54.5 Å². The predicted octanol–water partition coefficient (Wildman–Crippen LogP) is 18.8. The summed E-state index contributed by atoms with van der Waals surface area (Å²) in [6.07, 6.45) is 27.3. The highest BCUT2D eigenvalue weighted by molar-refractivity contribution is 8.01. The minimum Gasteiger partial charge on any atom is -0.481 e. The first-order valence-electron chi connectivity index (χ1n) is 42.8. The summed E-state index contributed by atoms with van der Waals surface area (Å²) >= 11 is 7.89. The lowest BCUT2D eigenvalue weighted by Crippen LogP contribution is -2.17. The molecule has 8 heterocycles. The molecular weight excluding hydrogens is 1670 g/mol. The first-order valence-corrected chi connectivity index (χ1v) is 49.0. The molecule has 0 bridgehead atoms. The first kappa shape index (κ1) is 87.5. The molecule has 37 heteroatoms. The predicted molar refractivity (Wildman–Crippen MR) is 501 cm³/mol. The summed E-state index contributed by atoms with van der Waals surface area (Å²) in [5, 5.41) is 78.4. The largest absolute Gasteiger partial charge is 0.481 e. The number of fused-ring (bicyclic) bond motifs is 5. The van der Waals surface area contributed by atoms with Crippen molar-refractivity contribution in [3.8, 4) is 0 Å². The van der Waals surface area contributed by atoms with Crippen molar-refractivity contribution in [2.75, 3.05) is 95.9 Å². The second-order valence-corrected chi connectivity index (χ2v) is 38.3. The van der Waals surface area contributed by atoms with Gasteiger partial charge in [-0.3, -0.25) is 25.3 Å². The summed E-state index contributed by atoms with van der Waals surface area (Å²) in [6.45, 7) is 3.51. The smallest absolute Gasteiger partial charge is 0.309 e. The van der Waals surface area contributed by atoms with Crippen LogP contribution < -0.4 is 53.2 Å². The highest BCUT2D eigenvalue weighted by atomic mass is 32.2. The van der Waals surface area contributed by atoms with E-state index in [9.17, 15) is 13.2 Å². The van der Waals surface area contributed by atoms with Crippen LogP contribution in [0.15, 0.2) is 131 Å². The van der Waals surface area contributed by atoms with E-state index in [1.807, 2.05) is 103 Å². The van der Waals surface area contributed by atoms with Gasteiger partial charge in [0.25, 0.3) is 10.1 Å². The third-order valence-electron chi connectivity index (χ3n) is 21.7. The Balaban J connectivity index is 0.000000119. The number of nitrogens with zero attached hydrogens (tertiary/aromatic N) is 15. The van der Waals surface area contributed by atoms with Gasteiger partial charge in [-0.2, -0.15) is 45.1 Å².